The van der Waals surface area contributed by atoms with Gasteiger partial charge >= 0.3 is 0 Å². The molecule has 0 aliphatic carbocycles. The maximum atomic E-state index is 13.7. The van der Waals surface area contributed by atoms with Crippen molar-refractivity contribution in [2.24, 2.45) is 0 Å². The first-order valence-electron chi connectivity index (χ1n) is 8.41. The van der Waals surface area contributed by atoms with Crippen molar-refractivity contribution in [3.05, 3.63) is 59.4 Å². The van der Waals surface area contributed by atoms with E-state index in [4.69, 9.17) is 0 Å². The van der Waals surface area contributed by atoms with Crippen LogP contribution in [0.1, 0.15) is 24.0 Å². The Morgan fingerprint density at radius 1 is 1.15 bits per heavy atom. The Kier molecular flexibility index (Phi) is 5.01. The highest BCUT2D eigenvalue weighted by molar-refractivity contribution is 7.89. The molecule has 0 saturated carbocycles. The first-order valence-corrected chi connectivity index (χ1v) is 9.85. The molecule has 3 rings (SSSR count). The number of amides is 2. The molecule has 0 bridgehead atoms. The Bertz CT molecular complexity index is 1000. The molecule has 0 spiro atoms. The van der Waals surface area contributed by atoms with Gasteiger partial charge in [-0.05, 0) is 50.1 Å². The second kappa shape index (κ2) is 7.11. The fraction of sp³-hybridized carbons (Fsp3) is 0.263. The number of nitrogens with zero attached hydrogens (tertiary/aromatic N) is 1. The van der Waals surface area contributed by atoms with Gasteiger partial charge in [0.05, 0.1) is 4.90 Å². The van der Waals surface area contributed by atoms with Gasteiger partial charge in [0, 0.05) is 12.1 Å². The molecule has 1 N–H and O–H groups in total. The average Bonchev–Trinajstić information content (AvgIpc) is 3.01. The number of hydrogen-bond donors (Lipinski definition) is 1. The average molecular weight is 390 g/mol. The summed E-state index contributed by atoms with van der Waals surface area (Å²) in [7, 11) is -4.16. The standard InChI is InChI=1S/C19H19FN2O4S/c1-12-3-7-15(8-4-12)27(25,26)22-17(9-10-18(22)23)19(24)21-14-6-5-13(2)16(20)11-14/h3-8,11,17H,9-10H2,1-2H3,(H,21,24). The first-order chi connectivity index (χ1) is 12.7. The number of benzene rings is 2. The Morgan fingerprint density at radius 2 is 1.81 bits per heavy atom. The van der Waals surface area contributed by atoms with Crippen molar-refractivity contribution in [2.45, 2.75) is 37.6 Å². The number of aryl methyl sites for hydroxylation is 2. The van der Waals surface area contributed by atoms with Crippen LogP contribution in [0.15, 0.2) is 47.4 Å². The number of carbonyl (C=O) groups excluding carboxylic acids is 2. The van der Waals surface area contributed by atoms with Crippen molar-refractivity contribution in [2.75, 3.05) is 5.32 Å². The third kappa shape index (κ3) is 3.71. The van der Waals surface area contributed by atoms with Gasteiger partial charge in [0.2, 0.25) is 11.8 Å². The van der Waals surface area contributed by atoms with Crippen molar-refractivity contribution >= 4 is 27.5 Å². The second-order valence-electron chi connectivity index (χ2n) is 6.52. The monoisotopic (exact) mass is 390 g/mol. The van der Waals surface area contributed by atoms with Gasteiger partial charge in [-0.25, -0.2) is 17.1 Å². The summed E-state index contributed by atoms with van der Waals surface area (Å²) in [5, 5.41) is 2.50. The molecule has 1 heterocycles. The zero-order valence-electron chi connectivity index (χ0n) is 14.9. The van der Waals surface area contributed by atoms with Crippen molar-refractivity contribution in [1.29, 1.82) is 0 Å². The molecule has 2 aromatic rings. The Hall–Kier alpha value is -2.74. The highest BCUT2D eigenvalue weighted by Crippen LogP contribution is 2.28. The number of halogens is 1. The van der Waals surface area contributed by atoms with Crippen LogP contribution in [0, 0.1) is 19.7 Å². The third-order valence-corrected chi connectivity index (χ3v) is 6.32. The van der Waals surface area contributed by atoms with E-state index in [1.165, 1.54) is 24.3 Å². The van der Waals surface area contributed by atoms with Crippen LogP contribution in [0.2, 0.25) is 0 Å². The molecule has 1 atom stereocenters. The highest BCUT2D eigenvalue weighted by Gasteiger charge is 2.44. The van der Waals surface area contributed by atoms with Crippen molar-refractivity contribution < 1.29 is 22.4 Å². The molecule has 2 aromatic carbocycles. The number of hydrogen-bond acceptors (Lipinski definition) is 4. The van der Waals surface area contributed by atoms with Crippen LogP contribution in [0.25, 0.3) is 0 Å². The predicted molar refractivity (Wildman–Crippen MR) is 98.0 cm³/mol. The quantitative estimate of drug-likeness (QED) is 0.870. The number of anilines is 1. The van der Waals surface area contributed by atoms with Crippen LogP contribution in [0.4, 0.5) is 10.1 Å². The molecule has 8 heteroatoms. The summed E-state index contributed by atoms with van der Waals surface area (Å²) < 4.78 is 40.1. The van der Waals surface area contributed by atoms with E-state index in [0.29, 0.717) is 9.87 Å². The van der Waals surface area contributed by atoms with Gasteiger partial charge in [0.1, 0.15) is 11.9 Å². The number of sulfonamides is 1. The Morgan fingerprint density at radius 3 is 2.44 bits per heavy atom. The highest BCUT2D eigenvalue weighted by atomic mass is 32.2. The minimum absolute atomic E-state index is 0.0502. The molecule has 1 fully saturated rings. The summed E-state index contributed by atoms with van der Waals surface area (Å²) in [4.78, 5) is 24.8. The number of rotatable bonds is 4. The molecule has 142 valence electrons. The lowest BCUT2D eigenvalue weighted by molar-refractivity contribution is -0.128. The summed E-state index contributed by atoms with van der Waals surface area (Å²) in [6, 6.07) is 9.06. The first kappa shape index (κ1) is 19.0. The minimum atomic E-state index is -4.16. The molecule has 1 saturated heterocycles. The van der Waals surface area contributed by atoms with E-state index in [0.717, 1.165) is 11.6 Å². The van der Waals surface area contributed by atoms with Gasteiger partial charge in [0.25, 0.3) is 10.0 Å². The molecule has 0 aromatic heterocycles. The topological polar surface area (TPSA) is 83.6 Å². The fourth-order valence-corrected chi connectivity index (χ4v) is 4.52. The van der Waals surface area contributed by atoms with Crippen LogP contribution >= 0.6 is 0 Å². The van der Waals surface area contributed by atoms with Crippen LogP contribution in [-0.4, -0.2) is 30.6 Å². The molecule has 2 amide bonds. The van der Waals surface area contributed by atoms with Gasteiger partial charge in [-0.15, -0.1) is 0 Å². The SMILES string of the molecule is Cc1ccc(S(=O)(=O)N2C(=O)CCC2C(=O)Nc2ccc(C)c(F)c2)cc1. The van der Waals surface area contributed by atoms with Gasteiger partial charge in [-0.3, -0.25) is 9.59 Å². The largest absolute Gasteiger partial charge is 0.324 e. The predicted octanol–water partition coefficient (Wildman–Crippen LogP) is 2.76. The van der Waals surface area contributed by atoms with E-state index >= 15 is 0 Å². The molecular weight excluding hydrogens is 371 g/mol. The third-order valence-electron chi connectivity index (χ3n) is 4.48. The number of nitrogens with one attached hydrogen (secondary N) is 1. The maximum Gasteiger partial charge on any atom is 0.267 e. The van der Waals surface area contributed by atoms with E-state index < -0.39 is 33.7 Å². The van der Waals surface area contributed by atoms with E-state index in [1.54, 1.807) is 19.1 Å². The van der Waals surface area contributed by atoms with Crippen LogP contribution in [-0.2, 0) is 19.6 Å². The Balaban J connectivity index is 1.88. The molecule has 1 aliphatic rings. The van der Waals surface area contributed by atoms with E-state index in [9.17, 15) is 22.4 Å². The summed E-state index contributed by atoms with van der Waals surface area (Å²) in [5.74, 6) is -1.79. The lowest BCUT2D eigenvalue weighted by Crippen LogP contribution is -2.45. The van der Waals surface area contributed by atoms with Crippen molar-refractivity contribution in [3.8, 4) is 0 Å². The lowest BCUT2D eigenvalue weighted by atomic mass is 10.2. The van der Waals surface area contributed by atoms with E-state index in [1.807, 2.05) is 6.92 Å². The van der Waals surface area contributed by atoms with Gasteiger partial charge in [-0.1, -0.05) is 23.8 Å². The van der Waals surface area contributed by atoms with Crippen LogP contribution < -0.4 is 5.32 Å². The minimum Gasteiger partial charge on any atom is -0.324 e. The van der Waals surface area contributed by atoms with Gasteiger partial charge in [0.15, 0.2) is 0 Å². The van der Waals surface area contributed by atoms with Gasteiger partial charge < -0.3 is 5.32 Å². The maximum absolute atomic E-state index is 13.7. The molecular formula is C19H19FN2O4S. The lowest BCUT2D eigenvalue weighted by Gasteiger charge is -2.23. The zero-order chi connectivity index (χ0) is 19.8. The van der Waals surface area contributed by atoms with E-state index in [-0.39, 0.29) is 23.4 Å². The molecule has 27 heavy (non-hydrogen) atoms. The van der Waals surface area contributed by atoms with Crippen LogP contribution in [0.3, 0.4) is 0 Å². The zero-order valence-corrected chi connectivity index (χ0v) is 15.7. The fourth-order valence-electron chi connectivity index (χ4n) is 2.92. The van der Waals surface area contributed by atoms with Gasteiger partial charge in [-0.2, -0.15) is 0 Å². The second-order valence-corrected chi connectivity index (χ2v) is 8.33. The van der Waals surface area contributed by atoms with Crippen LogP contribution in [0.5, 0.6) is 0 Å². The normalized spacial score (nSPS) is 17.2. The summed E-state index contributed by atoms with van der Waals surface area (Å²) in [6.07, 6.45) is 0.0234. The Labute approximate surface area is 157 Å². The number of carbonyl (C=O) groups is 2. The summed E-state index contributed by atoms with van der Waals surface area (Å²) >= 11 is 0. The molecule has 1 aliphatic heterocycles. The molecule has 1 unspecified atom stereocenters. The van der Waals surface area contributed by atoms with Crippen molar-refractivity contribution in [1.82, 2.24) is 4.31 Å². The summed E-state index contributed by atoms with van der Waals surface area (Å²) in [5.41, 5.74) is 1.50. The smallest absolute Gasteiger partial charge is 0.267 e. The van der Waals surface area contributed by atoms with Crippen molar-refractivity contribution in [3.63, 3.8) is 0 Å². The summed E-state index contributed by atoms with van der Waals surface area (Å²) in [6.45, 7) is 3.40. The van der Waals surface area contributed by atoms with E-state index in [2.05, 4.69) is 5.32 Å². The molecule has 6 nitrogen and oxygen atoms in total. The molecule has 0 radical (unpaired) electrons.